The second-order valence-corrected chi connectivity index (χ2v) is 4.45. The van der Waals surface area contributed by atoms with Gasteiger partial charge in [0.1, 0.15) is 6.33 Å². The Morgan fingerprint density at radius 3 is 2.90 bits per heavy atom. The second kappa shape index (κ2) is 6.96. The lowest BCUT2D eigenvalue weighted by molar-refractivity contribution is -0.383. The van der Waals surface area contributed by atoms with E-state index in [9.17, 15) is 10.1 Å². The predicted molar refractivity (Wildman–Crippen MR) is 73.5 cm³/mol. The van der Waals surface area contributed by atoms with Crippen molar-refractivity contribution < 1.29 is 9.66 Å². The molecule has 2 heterocycles. The molecule has 1 saturated heterocycles. The van der Waals surface area contributed by atoms with Gasteiger partial charge >= 0.3 is 5.69 Å². The van der Waals surface area contributed by atoms with E-state index in [-0.39, 0.29) is 17.3 Å². The fourth-order valence-electron chi connectivity index (χ4n) is 2.04. The predicted octanol–water partition coefficient (Wildman–Crippen LogP) is 0.101. The molecule has 9 heteroatoms. The molecule has 0 bridgehead atoms. The van der Waals surface area contributed by atoms with Crippen molar-refractivity contribution in [2.45, 2.75) is 6.42 Å². The molecule has 0 saturated carbocycles. The largest absolute Gasteiger partial charge is 0.379 e. The molecule has 2 rings (SSSR count). The number of morpholine rings is 1. The van der Waals surface area contributed by atoms with Gasteiger partial charge < -0.3 is 15.8 Å². The summed E-state index contributed by atoms with van der Waals surface area (Å²) in [5.74, 6) is 0.0464. The van der Waals surface area contributed by atoms with Gasteiger partial charge in [-0.3, -0.25) is 15.0 Å². The third kappa shape index (κ3) is 3.75. The molecular formula is C11H18N6O3. The summed E-state index contributed by atoms with van der Waals surface area (Å²) in [6.45, 7) is 4.91. The quantitative estimate of drug-likeness (QED) is 0.428. The third-order valence-corrected chi connectivity index (χ3v) is 3.08. The molecule has 0 amide bonds. The Balaban J connectivity index is 1.82. The van der Waals surface area contributed by atoms with Crippen molar-refractivity contribution in [3.8, 4) is 0 Å². The maximum absolute atomic E-state index is 10.9. The monoisotopic (exact) mass is 282 g/mol. The molecule has 0 radical (unpaired) electrons. The number of nitrogens with zero attached hydrogens (tertiary/aromatic N) is 4. The second-order valence-electron chi connectivity index (χ2n) is 4.45. The van der Waals surface area contributed by atoms with Crippen LogP contribution in [0.5, 0.6) is 0 Å². The Morgan fingerprint density at radius 1 is 1.45 bits per heavy atom. The van der Waals surface area contributed by atoms with Gasteiger partial charge in [-0.25, -0.2) is 9.97 Å². The minimum atomic E-state index is -0.570. The van der Waals surface area contributed by atoms with Gasteiger partial charge in [0.2, 0.25) is 11.6 Å². The Hall–Kier alpha value is -2.00. The Bertz CT molecular complexity index is 463. The average Bonchev–Trinajstić information content (AvgIpc) is 2.44. The normalized spacial score (nSPS) is 16.0. The zero-order valence-electron chi connectivity index (χ0n) is 11.1. The Kier molecular flexibility index (Phi) is 5.02. The van der Waals surface area contributed by atoms with E-state index in [0.29, 0.717) is 6.54 Å². The first-order chi connectivity index (χ1) is 9.68. The van der Waals surface area contributed by atoms with Gasteiger partial charge in [-0.05, 0) is 13.0 Å². The molecule has 9 nitrogen and oxygen atoms in total. The van der Waals surface area contributed by atoms with Crippen LogP contribution in [-0.4, -0.2) is 59.2 Å². The van der Waals surface area contributed by atoms with Gasteiger partial charge in [0, 0.05) is 19.6 Å². The van der Waals surface area contributed by atoms with Gasteiger partial charge in [0.25, 0.3) is 0 Å². The van der Waals surface area contributed by atoms with Crippen LogP contribution in [0.2, 0.25) is 0 Å². The average molecular weight is 282 g/mol. The highest BCUT2D eigenvalue weighted by atomic mass is 16.6. The number of rotatable bonds is 6. The number of aromatic nitrogens is 2. The first kappa shape index (κ1) is 14.4. The van der Waals surface area contributed by atoms with E-state index in [1.165, 1.54) is 6.33 Å². The summed E-state index contributed by atoms with van der Waals surface area (Å²) in [4.78, 5) is 20.1. The first-order valence-electron chi connectivity index (χ1n) is 6.47. The number of nitrogens with two attached hydrogens (primary N) is 1. The summed E-state index contributed by atoms with van der Waals surface area (Å²) in [7, 11) is 0. The smallest absolute Gasteiger partial charge is 0.352 e. The zero-order valence-corrected chi connectivity index (χ0v) is 11.1. The maximum Gasteiger partial charge on any atom is 0.352 e. The minimum absolute atomic E-state index is 0.124. The number of hydrogen-bond donors (Lipinski definition) is 2. The van der Waals surface area contributed by atoms with E-state index >= 15 is 0 Å². The van der Waals surface area contributed by atoms with Crippen LogP contribution >= 0.6 is 0 Å². The topological polar surface area (TPSA) is 119 Å². The maximum atomic E-state index is 10.9. The molecule has 1 aliphatic heterocycles. The molecule has 0 atom stereocenters. The van der Waals surface area contributed by atoms with Gasteiger partial charge in [-0.15, -0.1) is 0 Å². The molecular weight excluding hydrogens is 264 g/mol. The summed E-state index contributed by atoms with van der Waals surface area (Å²) in [5.41, 5.74) is 5.22. The van der Waals surface area contributed by atoms with Crippen LogP contribution in [0, 0.1) is 10.1 Å². The van der Waals surface area contributed by atoms with E-state index in [1.807, 2.05) is 0 Å². The molecule has 0 unspecified atom stereocenters. The van der Waals surface area contributed by atoms with E-state index in [0.717, 1.165) is 39.3 Å². The number of nitrogens with one attached hydrogen (secondary N) is 1. The summed E-state index contributed by atoms with van der Waals surface area (Å²) >= 11 is 0. The minimum Gasteiger partial charge on any atom is -0.379 e. The van der Waals surface area contributed by atoms with Crippen LogP contribution < -0.4 is 11.1 Å². The lowest BCUT2D eigenvalue weighted by Gasteiger charge is -2.26. The first-order valence-corrected chi connectivity index (χ1v) is 6.47. The number of hydrogen-bond acceptors (Lipinski definition) is 8. The van der Waals surface area contributed by atoms with Crippen molar-refractivity contribution in [3.63, 3.8) is 0 Å². The van der Waals surface area contributed by atoms with Gasteiger partial charge in [-0.1, -0.05) is 0 Å². The molecule has 110 valence electrons. The van der Waals surface area contributed by atoms with E-state index in [2.05, 4.69) is 20.2 Å². The van der Waals surface area contributed by atoms with Crippen molar-refractivity contribution in [3.05, 3.63) is 16.4 Å². The van der Waals surface area contributed by atoms with Crippen LogP contribution in [0.4, 0.5) is 17.3 Å². The van der Waals surface area contributed by atoms with Crippen LogP contribution in [0.15, 0.2) is 6.33 Å². The molecule has 0 aromatic carbocycles. The van der Waals surface area contributed by atoms with Gasteiger partial charge in [0.15, 0.2) is 0 Å². The number of anilines is 2. The zero-order chi connectivity index (χ0) is 14.4. The molecule has 1 aromatic rings. The van der Waals surface area contributed by atoms with Crippen LogP contribution in [0.25, 0.3) is 0 Å². The fourth-order valence-corrected chi connectivity index (χ4v) is 2.04. The number of ether oxygens (including phenoxy) is 1. The third-order valence-electron chi connectivity index (χ3n) is 3.08. The molecule has 3 N–H and O–H groups in total. The highest BCUT2D eigenvalue weighted by Gasteiger charge is 2.20. The molecule has 20 heavy (non-hydrogen) atoms. The highest BCUT2D eigenvalue weighted by Crippen LogP contribution is 2.25. The van der Waals surface area contributed by atoms with Gasteiger partial charge in [0.05, 0.1) is 18.1 Å². The number of nitro groups is 1. The molecule has 0 spiro atoms. The highest BCUT2D eigenvalue weighted by molar-refractivity contribution is 5.67. The summed E-state index contributed by atoms with van der Waals surface area (Å²) in [5, 5.41) is 13.9. The van der Waals surface area contributed by atoms with Crippen molar-refractivity contribution in [2.24, 2.45) is 0 Å². The van der Waals surface area contributed by atoms with E-state index < -0.39 is 4.92 Å². The van der Waals surface area contributed by atoms with Crippen molar-refractivity contribution >= 4 is 17.3 Å². The number of nitrogen functional groups attached to an aromatic ring is 1. The van der Waals surface area contributed by atoms with Crippen LogP contribution in [0.1, 0.15) is 6.42 Å². The Morgan fingerprint density at radius 2 is 2.20 bits per heavy atom. The van der Waals surface area contributed by atoms with E-state index in [1.54, 1.807) is 0 Å². The van der Waals surface area contributed by atoms with Crippen molar-refractivity contribution in [1.29, 1.82) is 0 Å². The lowest BCUT2D eigenvalue weighted by atomic mass is 10.3. The molecule has 0 aliphatic carbocycles. The molecule has 1 aliphatic rings. The molecule has 1 aromatic heterocycles. The SMILES string of the molecule is Nc1ncnc(NCCCN2CCOCC2)c1[N+](=O)[O-]. The van der Waals surface area contributed by atoms with E-state index in [4.69, 9.17) is 10.5 Å². The van der Waals surface area contributed by atoms with Crippen LogP contribution in [0.3, 0.4) is 0 Å². The van der Waals surface area contributed by atoms with Crippen LogP contribution in [-0.2, 0) is 4.74 Å². The van der Waals surface area contributed by atoms with Crippen molar-refractivity contribution in [1.82, 2.24) is 14.9 Å². The Labute approximate surface area is 116 Å². The van der Waals surface area contributed by atoms with Crippen molar-refractivity contribution in [2.75, 3.05) is 50.4 Å². The molecule has 1 fully saturated rings. The van der Waals surface area contributed by atoms with Gasteiger partial charge in [-0.2, -0.15) is 0 Å². The summed E-state index contributed by atoms with van der Waals surface area (Å²) in [6, 6.07) is 0. The standard InChI is InChI=1S/C11H18N6O3/c12-10-9(17(18)19)11(15-8-14-10)13-2-1-3-16-4-6-20-7-5-16/h8H,1-7H2,(H3,12,13,14,15). The summed E-state index contributed by atoms with van der Waals surface area (Å²) in [6.07, 6.45) is 2.08. The summed E-state index contributed by atoms with van der Waals surface area (Å²) < 4.78 is 5.27. The lowest BCUT2D eigenvalue weighted by Crippen LogP contribution is -2.37. The fraction of sp³-hybridized carbons (Fsp3) is 0.636.